The fraction of sp³-hybridized carbons (Fsp3) is 0.0357. The van der Waals surface area contributed by atoms with Crippen LogP contribution in [0.4, 0.5) is 0 Å². The highest BCUT2D eigenvalue weighted by molar-refractivity contribution is 6.24. The molecule has 0 atom stereocenters. The summed E-state index contributed by atoms with van der Waals surface area (Å²) in [6.45, 7) is 4.00. The molecule has 0 saturated carbocycles. The monoisotopic (exact) mass is 714 g/mol. The largest absolute Gasteiger partial charge is 0.0683 e. The van der Waals surface area contributed by atoms with E-state index in [4.69, 9.17) is 0 Å². The van der Waals surface area contributed by atoms with Crippen molar-refractivity contribution in [3.8, 4) is 66.8 Å². The molecule has 0 aliphatic carbocycles. The molecular weight excluding hydrogens is 673 g/mol. The van der Waals surface area contributed by atoms with E-state index in [1.54, 1.807) is 0 Å². The summed E-state index contributed by atoms with van der Waals surface area (Å²) in [5.41, 5.74) is 14.6. The molecule has 0 aromatic heterocycles. The van der Waals surface area contributed by atoms with Crippen molar-refractivity contribution in [2.45, 2.75) is 13.8 Å². The Morgan fingerprint density at radius 3 is 0.750 bits per heavy atom. The molecular formula is C56H42. The highest BCUT2D eigenvalue weighted by atomic mass is 14.2. The normalized spacial score (nSPS) is 11.0. The van der Waals surface area contributed by atoms with Gasteiger partial charge < -0.3 is 0 Å². The molecule has 10 aromatic carbocycles. The first-order valence-corrected chi connectivity index (χ1v) is 19.7. The maximum Gasteiger partial charge on any atom is -0.00257 e. The minimum atomic E-state index is 1.21. The van der Waals surface area contributed by atoms with Crippen LogP contribution in [0.15, 0.2) is 218 Å². The number of hydrogen-bond donors (Lipinski definition) is 0. The fourth-order valence-electron chi connectivity index (χ4n) is 8.22. The van der Waals surface area contributed by atoms with Gasteiger partial charge in [0.25, 0.3) is 0 Å². The zero-order valence-electron chi connectivity index (χ0n) is 31.8. The zero-order valence-corrected chi connectivity index (χ0v) is 31.8. The molecule has 0 fully saturated rings. The summed E-state index contributed by atoms with van der Waals surface area (Å²) in [6.07, 6.45) is 0. The number of hydrogen-bond acceptors (Lipinski definition) is 0. The maximum absolute atomic E-state index is 2.42. The van der Waals surface area contributed by atoms with Crippen molar-refractivity contribution in [2.75, 3.05) is 0 Å². The summed E-state index contributed by atoms with van der Waals surface area (Å²) in [5.74, 6) is 0. The molecule has 0 heteroatoms. The Kier molecular flexibility index (Phi) is 9.54. The Labute approximate surface area is 330 Å². The van der Waals surface area contributed by atoms with Crippen LogP contribution in [0.1, 0.15) is 13.8 Å². The molecule has 0 aliphatic heterocycles. The van der Waals surface area contributed by atoms with Crippen LogP contribution >= 0.6 is 0 Å². The van der Waals surface area contributed by atoms with E-state index >= 15 is 0 Å². The molecule has 0 amide bonds. The van der Waals surface area contributed by atoms with Gasteiger partial charge in [0.2, 0.25) is 0 Å². The van der Waals surface area contributed by atoms with Crippen molar-refractivity contribution in [1.29, 1.82) is 0 Å². The molecule has 266 valence electrons. The van der Waals surface area contributed by atoms with Gasteiger partial charge in [-0.3, -0.25) is 0 Å². The lowest BCUT2D eigenvalue weighted by Gasteiger charge is -2.21. The molecule has 0 aliphatic rings. The first-order chi connectivity index (χ1) is 27.8. The summed E-state index contributed by atoms with van der Waals surface area (Å²) in [4.78, 5) is 0. The van der Waals surface area contributed by atoms with Crippen LogP contribution in [0.5, 0.6) is 0 Å². The second kappa shape index (κ2) is 15.4. The molecule has 10 rings (SSSR count). The molecule has 10 aromatic rings. The molecule has 56 heavy (non-hydrogen) atoms. The van der Waals surface area contributed by atoms with E-state index < -0.39 is 0 Å². The van der Waals surface area contributed by atoms with Crippen LogP contribution in [0.2, 0.25) is 0 Å². The third kappa shape index (κ3) is 6.57. The second-order valence-corrected chi connectivity index (χ2v) is 14.1. The first-order valence-electron chi connectivity index (χ1n) is 19.7. The van der Waals surface area contributed by atoms with Crippen molar-refractivity contribution in [3.63, 3.8) is 0 Å². The van der Waals surface area contributed by atoms with Gasteiger partial charge in [-0.25, -0.2) is 0 Å². The van der Waals surface area contributed by atoms with Gasteiger partial charge in [0.05, 0.1) is 0 Å². The predicted octanol–water partition coefficient (Wildman–Crippen LogP) is 16.2. The lowest BCUT2D eigenvalue weighted by molar-refractivity contribution is 1.50. The Hall–Kier alpha value is -7.02. The van der Waals surface area contributed by atoms with Crippen LogP contribution in [-0.2, 0) is 0 Å². The van der Waals surface area contributed by atoms with Crippen molar-refractivity contribution < 1.29 is 0 Å². The standard InChI is InChI=1S/C54H36.C2H6/c1-5-17-37(18-6-1)43-29-44(38-19-7-2-8-20-38)32-47(31-43)53-49-27-15-16-28-50(49)54(52-36-42-26-14-13-25-41(42)35-51(52)53)48-33-45(39-21-9-3-10-22-39)30-46(34-48)40-23-11-4-12-24-40;1-2/h1-36H;1-2H3. The lowest BCUT2D eigenvalue weighted by atomic mass is 9.82. The molecule has 0 radical (unpaired) electrons. The van der Waals surface area contributed by atoms with Gasteiger partial charge in [-0.1, -0.05) is 184 Å². The van der Waals surface area contributed by atoms with E-state index in [1.165, 1.54) is 99.1 Å². The van der Waals surface area contributed by atoms with E-state index in [0.29, 0.717) is 0 Å². The van der Waals surface area contributed by atoms with Gasteiger partial charge in [0.1, 0.15) is 0 Å². The third-order valence-corrected chi connectivity index (χ3v) is 10.8. The minimum Gasteiger partial charge on any atom is -0.0683 e. The number of rotatable bonds is 6. The molecule has 0 unspecified atom stereocenters. The molecule has 0 N–H and O–H groups in total. The molecule has 0 saturated heterocycles. The SMILES string of the molecule is CC.c1ccc(-c2cc(-c3ccccc3)cc(-c3c4ccccc4c(-c4cc(-c5ccccc5)cc(-c5ccccc5)c4)c4cc5ccccc5cc34)c2)cc1. The maximum atomic E-state index is 2.42. The summed E-state index contributed by atoms with van der Waals surface area (Å²) < 4.78 is 0. The smallest absolute Gasteiger partial charge is 0.00257 e. The van der Waals surface area contributed by atoms with Crippen molar-refractivity contribution in [2.24, 2.45) is 0 Å². The number of benzene rings is 10. The fourth-order valence-corrected chi connectivity index (χ4v) is 8.22. The Morgan fingerprint density at radius 1 is 0.196 bits per heavy atom. The highest BCUT2D eigenvalue weighted by Crippen LogP contribution is 2.47. The van der Waals surface area contributed by atoms with Crippen molar-refractivity contribution >= 4 is 32.3 Å². The van der Waals surface area contributed by atoms with E-state index in [0.717, 1.165) is 0 Å². The van der Waals surface area contributed by atoms with E-state index in [1.807, 2.05) is 13.8 Å². The predicted molar refractivity (Wildman–Crippen MR) is 243 cm³/mol. The van der Waals surface area contributed by atoms with Gasteiger partial charge in [0.15, 0.2) is 0 Å². The third-order valence-electron chi connectivity index (χ3n) is 10.8. The van der Waals surface area contributed by atoms with E-state index in [-0.39, 0.29) is 0 Å². The molecule has 0 nitrogen and oxygen atoms in total. The van der Waals surface area contributed by atoms with Crippen molar-refractivity contribution in [3.05, 3.63) is 218 Å². The Balaban J connectivity index is 0.00000202. The zero-order chi connectivity index (χ0) is 37.8. The highest BCUT2D eigenvalue weighted by Gasteiger charge is 2.20. The lowest BCUT2D eigenvalue weighted by Crippen LogP contribution is -1.94. The molecule has 0 spiro atoms. The van der Waals surface area contributed by atoms with Crippen molar-refractivity contribution in [1.82, 2.24) is 0 Å². The Morgan fingerprint density at radius 2 is 0.446 bits per heavy atom. The van der Waals surface area contributed by atoms with Crippen LogP contribution in [0.3, 0.4) is 0 Å². The van der Waals surface area contributed by atoms with E-state index in [2.05, 4.69) is 218 Å². The van der Waals surface area contributed by atoms with E-state index in [9.17, 15) is 0 Å². The van der Waals surface area contributed by atoms with Crippen LogP contribution < -0.4 is 0 Å². The summed E-state index contributed by atoms with van der Waals surface area (Å²) in [7, 11) is 0. The summed E-state index contributed by atoms with van der Waals surface area (Å²) in [5, 5.41) is 7.45. The molecule has 0 bridgehead atoms. The minimum absolute atomic E-state index is 1.21. The van der Waals surface area contributed by atoms with Gasteiger partial charge in [0, 0.05) is 0 Å². The Bertz CT molecular complexity index is 2620. The number of fused-ring (bicyclic) bond motifs is 3. The van der Waals surface area contributed by atoms with Gasteiger partial charge in [-0.05, 0) is 148 Å². The average molecular weight is 715 g/mol. The van der Waals surface area contributed by atoms with Crippen LogP contribution in [0.25, 0.3) is 99.1 Å². The molecule has 0 heterocycles. The second-order valence-electron chi connectivity index (χ2n) is 14.1. The topological polar surface area (TPSA) is 0 Å². The summed E-state index contributed by atoms with van der Waals surface area (Å²) >= 11 is 0. The van der Waals surface area contributed by atoms with Gasteiger partial charge >= 0.3 is 0 Å². The average Bonchev–Trinajstić information content (AvgIpc) is 3.29. The van der Waals surface area contributed by atoms with Gasteiger partial charge in [-0.15, -0.1) is 0 Å². The van der Waals surface area contributed by atoms with Crippen LogP contribution in [-0.4, -0.2) is 0 Å². The quantitative estimate of drug-likeness (QED) is 0.150. The first kappa shape index (κ1) is 34.7. The van der Waals surface area contributed by atoms with Gasteiger partial charge in [-0.2, -0.15) is 0 Å². The summed E-state index contributed by atoms with van der Waals surface area (Å²) in [6, 6.07) is 80.0. The van der Waals surface area contributed by atoms with Crippen LogP contribution in [0, 0.1) is 0 Å².